The number of tetrazole rings is 1. The van der Waals surface area contributed by atoms with Crippen LogP contribution in [0.3, 0.4) is 0 Å². The zero-order valence-electron chi connectivity index (χ0n) is 19.0. The Morgan fingerprint density at radius 2 is 1.58 bits per heavy atom. The summed E-state index contributed by atoms with van der Waals surface area (Å²) in [4.78, 5) is 0. The van der Waals surface area contributed by atoms with E-state index in [1.165, 1.54) is 12.1 Å². The van der Waals surface area contributed by atoms with Gasteiger partial charge >= 0.3 is 6.36 Å². The Labute approximate surface area is 208 Å². The van der Waals surface area contributed by atoms with Crippen molar-refractivity contribution in [2.75, 3.05) is 0 Å². The maximum absolute atomic E-state index is 12.5. The summed E-state index contributed by atoms with van der Waals surface area (Å²) in [5.41, 5.74) is 3.65. The molecule has 1 N–H and O–H groups in total. The van der Waals surface area contributed by atoms with Gasteiger partial charge in [0.2, 0.25) is 0 Å². The third-order valence-electron chi connectivity index (χ3n) is 5.36. The number of hydrogen-bond acceptors (Lipinski definition) is 5. The van der Waals surface area contributed by atoms with Crippen LogP contribution < -0.4 is 9.47 Å². The molecule has 36 heavy (non-hydrogen) atoms. The number of hydrogen-bond donors (Lipinski definition) is 1. The van der Waals surface area contributed by atoms with Crippen molar-refractivity contribution >= 4 is 22.5 Å². The fourth-order valence-electron chi connectivity index (χ4n) is 3.97. The molecule has 0 spiro atoms. The second-order valence-electron chi connectivity index (χ2n) is 8.21. The third-order valence-corrected chi connectivity index (χ3v) is 5.75. The lowest BCUT2D eigenvalue weighted by molar-refractivity contribution is -0.274. The lowest BCUT2D eigenvalue weighted by Crippen LogP contribution is -2.16. The number of nitrogens with one attached hydrogen (secondary N) is 1. The summed E-state index contributed by atoms with van der Waals surface area (Å²) >= 11 is 6.85. The highest BCUT2D eigenvalue weighted by atomic mass is 35.5. The van der Waals surface area contributed by atoms with E-state index < -0.39 is 6.36 Å². The highest BCUT2D eigenvalue weighted by Crippen LogP contribution is 2.40. The van der Waals surface area contributed by atoms with Gasteiger partial charge in [-0.1, -0.05) is 29.8 Å². The fraction of sp³-hybridized carbons (Fsp3) is 0.160. The van der Waals surface area contributed by atoms with Crippen molar-refractivity contribution in [1.82, 2.24) is 25.2 Å². The van der Waals surface area contributed by atoms with E-state index >= 15 is 0 Å². The quantitative estimate of drug-likeness (QED) is 0.269. The number of H-pyrrole nitrogens is 1. The minimum absolute atomic E-state index is 0.0426. The van der Waals surface area contributed by atoms with E-state index in [9.17, 15) is 13.2 Å². The summed E-state index contributed by atoms with van der Waals surface area (Å²) in [6.07, 6.45) is -4.71. The van der Waals surface area contributed by atoms with E-state index in [-0.39, 0.29) is 11.9 Å². The number of halogens is 4. The van der Waals surface area contributed by atoms with Gasteiger partial charge in [-0.25, -0.2) is 5.10 Å². The number of nitrogens with zero attached hydrogens (tertiary/aromatic N) is 4. The maximum atomic E-state index is 12.5. The zero-order valence-corrected chi connectivity index (χ0v) is 19.8. The summed E-state index contributed by atoms with van der Waals surface area (Å²) in [7, 11) is 0. The summed E-state index contributed by atoms with van der Waals surface area (Å²) in [6.45, 7) is 3.91. The van der Waals surface area contributed by atoms with Crippen LogP contribution in [0, 0.1) is 0 Å². The molecular weight excluding hydrogens is 495 g/mol. The van der Waals surface area contributed by atoms with Crippen molar-refractivity contribution in [3.05, 3.63) is 71.8 Å². The summed E-state index contributed by atoms with van der Waals surface area (Å²) in [5.74, 6) is 0.829. The fourth-order valence-corrected chi connectivity index (χ4v) is 4.29. The second kappa shape index (κ2) is 9.19. The average Bonchev–Trinajstić information content (AvgIpc) is 3.45. The number of fused-ring (bicyclic) bond motifs is 1. The van der Waals surface area contributed by atoms with Crippen molar-refractivity contribution in [1.29, 1.82) is 0 Å². The first-order chi connectivity index (χ1) is 17.2. The van der Waals surface area contributed by atoms with Gasteiger partial charge in [0.25, 0.3) is 0 Å². The molecule has 5 rings (SSSR count). The van der Waals surface area contributed by atoms with Gasteiger partial charge in [-0.05, 0) is 83.9 Å². The monoisotopic (exact) mass is 513 g/mol. The number of benzene rings is 3. The molecule has 3 aromatic carbocycles. The molecule has 0 unspecified atom stereocenters. The molecule has 0 saturated carbocycles. The molecule has 0 bridgehead atoms. The summed E-state index contributed by atoms with van der Waals surface area (Å²) in [6, 6.07) is 18.9. The molecule has 0 aliphatic rings. The average molecular weight is 514 g/mol. The highest BCUT2D eigenvalue weighted by Gasteiger charge is 2.31. The normalized spacial score (nSPS) is 11.9. The van der Waals surface area contributed by atoms with E-state index in [1.807, 2.05) is 60.9 Å². The van der Waals surface area contributed by atoms with E-state index in [4.69, 9.17) is 16.3 Å². The molecule has 0 aliphatic carbocycles. The van der Waals surface area contributed by atoms with Crippen LogP contribution in [0.5, 0.6) is 11.5 Å². The topological polar surface area (TPSA) is 77.9 Å². The van der Waals surface area contributed by atoms with Crippen molar-refractivity contribution in [2.45, 2.75) is 26.3 Å². The first-order valence-electron chi connectivity index (χ1n) is 10.9. The van der Waals surface area contributed by atoms with Crippen LogP contribution in [0.25, 0.3) is 39.2 Å². The Morgan fingerprint density at radius 3 is 2.19 bits per heavy atom. The molecule has 2 aromatic heterocycles. The molecule has 0 fully saturated rings. The van der Waals surface area contributed by atoms with Gasteiger partial charge in [-0.2, -0.15) is 0 Å². The van der Waals surface area contributed by atoms with Crippen molar-refractivity contribution in [3.63, 3.8) is 0 Å². The van der Waals surface area contributed by atoms with Gasteiger partial charge in [-0.3, -0.25) is 0 Å². The smallest absolute Gasteiger partial charge is 0.491 e. The standard InChI is InChI=1S/C25H19ClF3N5O2/c1-14(2)35-18-10-6-17(7-11-18)34-21-12-5-16(15-3-8-19(9-4-15)36-25(27,28)29)13-20(21)22(26)23(34)24-30-32-33-31-24/h3-14H,1-2H3,(H,30,31,32,33). The highest BCUT2D eigenvalue weighted by molar-refractivity contribution is 6.38. The Kier molecular flexibility index (Phi) is 6.05. The van der Waals surface area contributed by atoms with Crippen molar-refractivity contribution in [2.24, 2.45) is 0 Å². The van der Waals surface area contributed by atoms with Crippen LogP contribution in [0.15, 0.2) is 66.7 Å². The molecular formula is C25H19ClF3N5O2. The van der Waals surface area contributed by atoms with Crippen LogP contribution in [-0.4, -0.2) is 37.7 Å². The van der Waals surface area contributed by atoms with Gasteiger partial charge in [-0.15, -0.1) is 18.3 Å². The van der Waals surface area contributed by atoms with Crippen molar-refractivity contribution in [3.8, 4) is 39.8 Å². The minimum atomic E-state index is -4.75. The summed E-state index contributed by atoms with van der Waals surface area (Å²) in [5, 5.41) is 15.3. The largest absolute Gasteiger partial charge is 0.573 e. The van der Waals surface area contributed by atoms with Gasteiger partial charge in [0.05, 0.1) is 16.6 Å². The SMILES string of the molecule is CC(C)Oc1ccc(-n2c(-c3nnn[nH]3)c(Cl)c3cc(-c4ccc(OC(F)(F)F)cc4)ccc32)cc1. The molecule has 184 valence electrons. The number of alkyl halides is 3. The Morgan fingerprint density at radius 1 is 0.917 bits per heavy atom. The molecule has 0 atom stereocenters. The van der Waals surface area contributed by atoms with E-state index in [1.54, 1.807) is 12.1 Å². The third kappa shape index (κ3) is 4.72. The van der Waals surface area contributed by atoms with Gasteiger partial charge < -0.3 is 14.0 Å². The molecule has 7 nitrogen and oxygen atoms in total. The van der Waals surface area contributed by atoms with Gasteiger partial charge in [0, 0.05) is 11.1 Å². The van der Waals surface area contributed by atoms with E-state index in [0.717, 1.165) is 27.9 Å². The van der Waals surface area contributed by atoms with Crippen LogP contribution in [0.1, 0.15) is 13.8 Å². The Bertz CT molecular complexity index is 1500. The second-order valence-corrected chi connectivity index (χ2v) is 8.59. The first-order valence-corrected chi connectivity index (χ1v) is 11.3. The lowest BCUT2D eigenvalue weighted by Gasteiger charge is -2.13. The molecule has 0 saturated heterocycles. The number of rotatable bonds is 6. The van der Waals surface area contributed by atoms with Gasteiger partial charge in [0.15, 0.2) is 5.82 Å². The van der Waals surface area contributed by atoms with Crippen LogP contribution in [0.4, 0.5) is 13.2 Å². The maximum Gasteiger partial charge on any atom is 0.573 e. The molecule has 0 radical (unpaired) electrons. The minimum Gasteiger partial charge on any atom is -0.491 e. The van der Waals surface area contributed by atoms with Crippen LogP contribution in [0.2, 0.25) is 5.02 Å². The Hall–Kier alpha value is -4.05. The molecule has 0 aliphatic heterocycles. The number of aromatic amines is 1. The van der Waals surface area contributed by atoms with E-state index in [0.29, 0.717) is 22.1 Å². The molecule has 5 aromatic rings. The summed E-state index contributed by atoms with van der Waals surface area (Å²) < 4.78 is 49.1. The van der Waals surface area contributed by atoms with Crippen LogP contribution in [-0.2, 0) is 0 Å². The number of ether oxygens (including phenoxy) is 2. The molecule has 0 amide bonds. The lowest BCUT2D eigenvalue weighted by atomic mass is 10.0. The predicted octanol–water partition coefficient (Wildman–Crippen LogP) is 6.82. The number of aromatic nitrogens is 5. The molecule has 2 heterocycles. The Balaban J connectivity index is 1.60. The predicted molar refractivity (Wildman–Crippen MR) is 129 cm³/mol. The zero-order chi connectivity index (χ0) is 25.4. The molecule has 11 heteroatoms. The van der Waals surface area contributed by atoms with Gasteiger partial charge in [0.1, 0.15) is 17.2 Å². The van der Waals surface area contributed by atoms with Crippen molar-refractivity contribution < 1.29 is 22.6 Å². The van der Waals surface area contributed by atoms with E-state index in [2.05, 4.69) is 25.4 Å². The first kappa shape index (κ1) is 23.7. The van der Waals surface area contributed by atoms with Crippen LogP contribution >= 0.6 is 11.6 Å².